The van der Waals surface area contributed by atoms with Crippen molar-refractivity contribution in [3.8, 4) is 0 Å². The number of nitrogens with zero attached hydrogens (tertiary/aromatic N) is 2. The van der Waals surface area contributed by atoms with E-state index in [0.717, 1.165) is 64.1 Å². The van der Waals surface area contributed by atoms with Gasteiger partial charge in [-0.1, -0.05) is 6.92 Å². The fourth-order valence-electron chi connectivity index (χ4n) is 3.69. The topological polar surface area (TPSA) is 61.9 Å². The van der Waals surface area contributed by atoms with Crippen LogP contribution in [-0.2, 0) is 22.4 Å². The van der Waals surface area contributed by atoms with Gasteiger partial charge in [0.05, 0.1) is 12.2 Å². The SMILES string of the molecule is CCOC(=O)c1c(NC(=O)CCN2CCN(CC)CC2)sc2c1CCC2. The van der Waals surface area contributed by atoms with Gasteiger partial charge in [0.2, 0.25) is 5.91 Å². The van der Waals surface area contributed by atoms with E-state index in [1.165, 1.54) is 4.88 Å². The maximum Gasteiger partial charge on any atom is 0.341 e. The van der Waals surface area contributed by atoms with Gasteiger partial charge in [0.25, 0.3) is 0 Å². The van der Waals surface area contributed by atoms with E-state index in [2.05, 4.69) is 22.0 Å². The zero-order chi connectivity index (χ0) is 18.5. The lowest BCUT2D eigenvalue weighted by molar-refractivity contribution is -0.116. The Morgan fingerprint density at radius 2 is 1.85 bits per heavy atom. The van der Waals surface area contributed by atoms with E-state index in [1.54, 1.807) is 18.3 Å². The third-order valence-corrected chi connectivity index (χ3v) is 6.43. The molecule has 0 bridgehead atoms. The Kier molecular flexibility index (Phi) is 6.67. The number of likely N-dealkylation sites (N-methyl/N-ethyl adjacent to an activating group) is 1. The molecule has 0 spiro atoms. The number of hydrogen-bond acceptors (Lipinski definition) is 6. The van der Waals surface area contributed by atoms with E-state index < -0.39 is 0 Å². The molecule has 0 radical (unpaired) electrons. The van der Waals surface area contributed by atoms with E-state index in [4.69, 9.17) is 4.74 Å². The molecule has 1 N–H and O–H groups in total. The Bertz CT molecular complexity index is 651. The summed E-state index contributed by atoms with van der Waals surface area (Å²) in [6.45, 7) is 10.4. The second kappa shape index (κ2) is 8.97. The summed E-state index contributed by atoms with van der Waals surface area (Å²) in [5.41, 5.74) is 1.67. The predicted molar refractivity (Wildman–Crippen MR) is 104 cm³/mol. The lowest BCUT2D eigenvalue weighted by Gasteiger charge is -2.33. The highest BCUT2D eigenvalue weighted by Gasteiger charge is 2.28. The highest BCUT2D eigenvalue weighted by molar-refractivity contribution is 7.17. The van der Waals surface area contributed by atoms with Crippen LogP contribution in [0.5, 0.6) is 0 Å². The molecule has 0 saturated carbocycles. The van der Waals surface area contributed by atoms with E-state index in [0.29, 0.717) is 23.6 Å². The van der Waals surface area contributed by atoms with Gasteiger partial charge < -0.3 is 19.9 Å². The number of esters is 1. The molecule has 0 unspecified atom stereocenters. The zero-order valence-electron chi connectivity index (χ0n) is 15.8. The summed E-state index contributed by atoms with van der Waals surface area (Å²) in [6, 6.07) is 0. The van der Waals surface area contributed by atoms with E-state index in [1.807, 2.05) is 0 Å². The minimum atomic E-state index is -0.308. The van der Waals surface area contributed by atoms with Crippen molar-refractivity contribution in [1.29, 1.82) is 0 Å². The molecule has 3 rings (SSSR count). The Labute approximate surface area is 159 Å². The Morgan fingerprint density at radius 3 is 2.54 bits per heavy atom. The lowest BCUT2D eigenvalue weighted by atomic mass is 10.1. The number of carbonyl (C=O) groups excluding carboxylic acids is 2. The van der Waals surface area contributed by atoms with Crippen LogP contribution in [0, 0.1) is 0 Å². The van der Waals surface area contributed by atoms with Gasteiger partial charge in [0.1, 0.15) is 5.00 Å². The standard InChI is InChI=1S/C19H29N3O3S/c1-3-21-10-12-22(13-11-21)9-8-16(23)20-18-17(19(24)25-4-2)14-6-5-7-15(14)26-18/h3-13H2,1-2H3,(H,20,23). The normalized spacial score (nSPS) is 17.9. The summed E-state index contributed by atoms with van der Waals surface area (Å²) in [4.78, 5) is 30.8. The van der Waals surface area contributed by atoms with Gasteiger partial charge in [-0.2, -0.15) is 0 Å². The average molecular weight is 380 g/mol. The van der Waals surface area contributed by atoms with E-state index in [9.17, 15) is 9.59 Å². The first kappa shape index (κ1) is 19.3. The van der Waals surface area contributed by atoms with Crippen molar-refractivity contribution in [2.75, 3.05) is 51.2 Å². The van der Waals surface area contributed by atoms with Crippen LogP contribution in [0.4, 0.5) is 5.00 Å². The van der Waals surface area contributed by atoms with Gasteiger partial charge in [-0.15, -0.1) is 11.3 Å². The highest BCUT2D eigenvalue weighted by Crippen LogP contribution is 2.39. The van der Waals surface area contributed by atoms with Crippen LogP contribution in [0.15, 0.2) is 0 Å². The zero-order valence-corrected chi connectivity index (χ0v) is 16.6. The van der Waals surface area contributed by atoms with Crippen LogP contribution in [0.3, 0.4) is 0 Å². The number of nitrogens with one attached hydrogen (secondary N) is 1. The predicted octanol–water partition coefficient (Wildman–Crippen LogP) is 2.38. The second-order valence-electron chi connectivity index (χ2n) is 6.86. The Hall–Kier alpha value is -1.44. The number of anilines is 1. The smallest absolute Gasteiger partial charge is 0.341 e. The lowest BCUT2D eigenvalue weighted by Crippen LogP contribution is -2.46. The van der Waals surface area contributed by atoms with Gasteiger partial charge in [0.15, 0.2) is 0 Å². The molecule has 7 heteroatoms. The molecule has 26 heavy (non-hydrogen) atoms. The van der Waals surface area contributed by atoms with Gasteiger partial charge in [-0.3, -0.25) is 4.79 Å². The molecule has 1 aliphatic heterocycles. The van der Waals surface area contributed by atoms with Crippen molar-refractivity contribution < 1.29 is 14.3 Å². The monoisotopic (exact) mass is 379 g/mol. The van der Waals surface area contributed by atoms with Crippen molar-refractivity contribution in [2.45, 2.75) is 39.5 Å². The first-order valence-corrected chi connectivity index (χ1v) is 10.5. The molecule has 144 valence electrons. The summed E-state index contributed by atoms with van der Waals surface area (Å²) >= 11 is 1.54. The molecular weight excluding hydrogens is 350 g/mol. The van der Waals surface area contributed by atoms with Gasteiger partial charge in [0, 0.05) is 44.0 Å². The molecule has 1 amide bonds. The number of amides is 1. The molecular formula is C19H29N3O3S. The van der Waals surface area contributed by atoms with E-state index >= 15 is 0 Å². The van der Waals surface area contributed by atoms with Crippen molar-refractivity contribution in [3.63, 3.8) is 0 Å². The number of ether oxygens (including phenoxy) is 1. The number of fused-ring (bicyclic) bond motifs is 1. The third-order valence-electron chi connectivity index (χ3n) is 5.22. The van der Waals surface area contributed by atoms with Crippen molar-refractivity contribution in [3.05, 3.63) is 16.0 Å². The number of carbonyl (C=O) groups is 2. The van der Waals surface area contributed by atoms with Crippen molar-refractivity contribution >= 4 is 28.2 Å². The van der Waals surface area contributed by atoms with Crippen LogP contribution in [0.1, 0.15) is 47.5 Å². The molecule has 2 heterocycles. The molecule has 2 aliphatic rings. The maximum atomic E-state index is 12.4. The highest BCUT2D eigenvalue weighted by atomic mass is 32.1. The van der Waals surface area contributed by atoms with Crippen LogP contribution in [0.2, 0.25) is 0 Å². The molecule has 1 aliphatic carbocycles. The molecule has 6 nitrogen and oxygen atoms in total. The summed E-state index contributed by atoms with van der Waals surface area (Å²) in [7, 11) is 0. The van der Waals surface area contributed by atoms with Gasteiger partial charge in [-0.05, 0) is 38.3 Å². The number of piperazine rings is 1. The Balaban J connectivity index is 1.57. The summed E-state index contributed by atoms with van der Waals surface area (Å²) in [5, 5.41) is 3.66. The van der Waals surface area contributed by atoms with Crippen molar-refractivity contribution in [2.24, 2.45) is 0 Å². The first-order valence-electron chi connectivity index (χ1n) is 9.68. The Morgan fingerprint density at radius 1 is 1.12 bits per heavy atom. The fraction of sp³-hybridized carbons (Fsp3) is 0.684. The number of thiophene rings is 1. The molecule has 1 fully saturated rings. The van der Waals surface area contributed by atoms with Crippen LogP contribution >= 0.6 is 11.3 Å². The van der Waals surface area contributed by atoms with Crippen LogP contribution < -0.4 is 5.32 Å². The molecule has 1 aromatic rings. The van der Waals surface area contributed by atoms with Crippen LogP contribution in [0.25, 0.3) is 0 Å². The molecule has 0 aromatic carbocycles. The van der Waals surface area contributed by atoms with Crippen molar-refractivity contribution in [1.82, 2.24) is 9.80 Å². The average Bonchev–Trinajstić information content (AvgIpc) is 3.21. The molecule has 1 aromatic heterocycles. The quantitative estimate of drug-likeness (QED) is 0.737. The summed E-state index contributed by atoms with van der Waals surface area (Å²) < 4.78 is 5.21. The largest absolute Gasteiger partial charge is 0.462 e. The first-order chi connectivity index (χ1) is 12.6. The van der Waals surface area contributed by atoms with Gasteiger partial charge >= 0.3 is 5.97 Å². The number of hydrogen-bond donors (Lipinski definition) is 1. The summed E-state index contributed by atoms with van der Waals surface area (Å²) in [5.74, 6) is -0.328. The summed E-state index contributed by atoms with van der Waals surface area (Å²) in [6.07, 6.45) is 3.42. The number of aryl methyl sites for hydroxylation is 1. The fourth-order valence-corrected chi connectivity index (χ4v) is 4.98. The van der Waals surface area contributed by atoms with Crippen LogP contribution in [-0.4, -0.2) is 67.6 Å². The second-order valence-corrected chi connectivity index (χ2v) is 7.96. The van der Waals surface area contributed by atoms with Gasteiger partial charge in [-0.25, -0.2) is 4.79 Å². The maximum absolute atomic E-state index is 12.4. The minimum Gasteiger partial charge on any atom is -0.462 e. The third kappa shape index (κ3) is 4.45. The molecule has 0 atom stereocenters. The molecule has 1 saturated heterocycles. The van der Waals surface area contributed by atoms with E-state index in [-0.39, 0.29) is 11.9 Å². The number of rotatable bonds is 7. The minimum absolute atomic E-state index is 0.0200.